The first-order valence-corrected chi connectivity index (χ1v) is 4.71. The van der Waals surface area contributed by atoms with Crippen LogP contribution in [0.2, 0.25) is 0 Å². The zero-order valence-corrected chi connectivity index (χ0v) is 7.17. The Morgan fingerprint density at radius 1 is 1.17 bits per heavy atom. The minimum absolute atomic E-state index is 0.639. The highest BCUT2D eigenvalue weighted by atomic mass is 127. The Morgan fingerprint density at radius 3 is 1.17 bits per heavy atom. The molecule has 40 valence electrons. The second-order valence-electron chi connectivity index (χ2n) is 1.22. The van der Waals surface area contributed by atoms with Crippen LogP contribution in [0, 0.1) is 0 Å². The molecule has 0 amide bonds. The minimum atomic E-state index is 0.639. The summed E-state index contributed by atoms with van der Waals surface area (Å²) in [7, 11) is 0.639. The average Bonchev–Trinajstić information content (AvgIpc) is 1.41. The van der Waals surface area contributed by atoms with E-state index in [2.05, 4.69) is 18.8 Å². The van der Waals surface area contributed by atoms with Crippen LogP contribution in [0.25, 0.3) is 0 Å². The largest absolute Gasteiger partial charge is 0.795 e. The Morgan fingerprint density at radius 2 is 1.17 bits per heavy atom. The molecule has 0 spiro atoms. The molecule has 1 nitrogen and oxygen atoms in total. The lowest BCUT2D eigenvalue weighted by atomic mass is 11.9. The van der Waals surface area contributed by atoms with E-state index in [4.69, 9.17) is 3.44 Å². The molecule has 0 aromatic heterocycles. The standard InChI is InChI=1S/C3H9S.IO/c1-4(2)3;1-2/h1-3H3;/q+1;-1. The fourth-order valence-corrected chi connectivity index (χ4v) is 0. The van der Waals surface area contributed by atoms with Crippen molar-refractivity contribution in [1.82, 2.24) is 0 Å². The third-order valence-electron chi connectivity index (χ3n) is 0. The van der Waals surface area contributed by atoms with E-state index >= 15 is 0 Å². The molecule has 0 aliphatic rings. The average molecular weight is 220 g/mol. The Kier molecular flexibility index (Phi) is 15.8. The summed E-state index contributed by atoms with van der Waals surface area (Å²) in [5, 5.41) is 0. The monoisotopic (exact) mass is 220 g/mol. The molecule has 0 aromatic carbocycles. The summed E-state index contributed by atoms with van der Waals surface area (Å²) in [5.41, 5.74) is 0. The smallest absolute Gasteiger partial charge is 0.0969 e. The molecule has 0 fully saturated rings. The Labute approximate surface area is 56.2 Å². The topological polar surface area (TPSA) is 23.1 Å². The molecule has 0 saturated carbocycles. The Balaban J connectivity index is 0. The van der Waals surface area contributed by atoms with E-state index in [1.807, 2.05) is 0 Å². The van der Waals surface area contributed by atoms with Gasteiger partial charge in [-0.1, -0.05) is 0 Å². The predicted molar refractivity (Wildman–Crippen MR) is 39.2 cm³/mol. The van der Waals surface area contributed by atoms with Gasteiger partial charge >= 0.3 is 0 Å². The highest BCUT2D eigenvalue weighted by Gasteiger charge is 1.77. The van der Waals surface area contributed by atoms with Crippen molar-refractivity contribution in [3.05, 3.63) is 0 Å². The first kappa shape index (κ1) is 10.1. The molecule has 0 saturated heterocycles. The maximum atomic E-state index is 8.22. The lowest BCUT2D eigenvalue weighted by Gasteiger charge is -1.69. The van der Waals surface area contributed by atoms with E-state index < -0.39 is 0 Å². The summed E-state index contributed by atoms with van der Waals surface area (Å²) in [6.07, 6.45) is 6.58. The molecule has 0 atom stereocenters. The number of hydrogen-bond donors (Lipinski definition) is 0. The van der Waals surface area contributed by atoms with Crippen LogP contribution in [0.5, 0.6) is 0 Å². The molecule has 6 heavy (non-hydrogen) atoms. The maximum Gasteiger partial charge on any atom is 0.0969 e. The van der Waals surface area contributed by atoms with Gasteiger partial charge in [0.1, 0.15) is 0 Å². The van der Waals surface area contributed by atoms with Gasteiger partial charge in [-0.2, -0.15) is 0 Å². The van der Waals surface area contributed by atoms with Crippen LogP contribution in [-0.2, 0) is 10.9 Å². The van der Waals surface area contributed by atoms with E-state index in [0.717, 1.165) is 23.0 Å². The zero-order chi connectivity index (χ0) is 5.58. The van der Waals surface area contributed by atoms with Crippen molar-refractivity contribution in [2.75, 3.05) is 18.8 Å². The number of hydrogen-bond acceptors (Lipinski definition) is 1. The van der Waals surface area contributed by atoms with Crippen molar-refractivity contribution in [2.45, 2.75) is 0 Å². The molecule has 0 aromatic rings. The summed E-state index contributed by atoms with van der Waals surface area (Å²) in [5.74, 6) is 0. The molecule has 0 rings (SSSR count). The van der Waals surface area contributed by atoms with Crippen LogP contribution < -0.4 is 3.44 Å². The van der Waals surface area contributed by atoms with Gasteiger partial charge in [-0.05, 0) is 10.9 Å². The van der Waals surface area contributed by atoms with Crippen LogP contribution in [0.1, 0.15) is 0 Å². The lowest BCUT2D eigenvalue weighted by Crippen LogP contribution is -1.84. The van der Waals surface area contributed by atoms with Crippen molar-refractivity contribution in [3.8, 4) is 0 Å². The van der Waals surface area contributed by atoms with E-state index in [0.29, 0.717) is 10.9 Å². The molecule has 3 heteroatoms. The van der Waals surface area contributed by atoms with Crippen molar-refractivity contribution in [2.24, 2.45) is 0 Å². The predicted octanol–water partition coefficient (Wildman–Crippen LogP) is 0.191. The Bertz CT molecular complexity index is 15.5. The zero-order valence-electron chi connectivity index (χ0n) is 4.19. The van der Waals surface area contributed by atoms with Crippen LogP contribution in [0.4, 0.5) is 0 Å². The van der Waals surface area contributed by atoms with Crippen LogP contribution in [-0.4, -0.2) is 18.8 Å². The molecule has 0 radical (unpaired) electrons. The van der Waals surface area contributed by atoms with Crippen LogP contribution >= 0.6 is 23.0 Å². The van der Waals surface area contributed by atoms with Gasteiger partial charge in [0.05, 0.1) is 18.8 Å². The highest BCUT2D eigenvalue weighted by Crippen LogP contribution is 1.63. The fourth-order valence-electron chi connectivity index (χ4n) is 0. The molecule has 0 N–H and O–H groups in total. The molecular weight excluding hydrogens is 211 g/mol. The number of halogens is 1. The van der Waals surface area contributed by atoms with Crippen LogP contribution in [0.3, 0.4) is 0 Å². The minimum Gasteiger partial charge on any atom is -0.795 e. The van der Waals surface area contributed by atoms with Gasteiger partial charge in [-0.15, -0.1) is 0 Å². The van der Waals surface area contributed by atoms with Gasteiger partial charge < -0.3 is 3.44 Å². The van der Waals surface area contributed by atoms with E-state index in [1.165, 1.54) is 0 Å². The van der Waals surface area contributed by atoms with Gasteiger partial charge in [0.2, 0.25) is 0 Å². The second-order valence-corrected chi connectivity index (χ2v) is 3.67. The van der Waals surface area contributed by atoms with E-state index in [9.17, 15) is 0 Å². The second kappa shape index (κ2) is 9.40. The first-order chi connectivity index (χ1) is 2.73. The highest BCUT2D eigenvalue weighted by molar-refractivity contribution is 14.1. The normalized spacial score (nSPS) is 7.00. The van der Waals surface area contributed by atoms with Gasteiger partial charge in [-0.25, -0.2) is 23.0 Å². The fraction of sp³-hybridized carbons (Fsp3) is 1.00. The SMILES string of the molecule is C[S+](C)C.[O-]I. The summed E-state index contributed by atoms with van der Waals surface area (Å²) in [6.45, 7) is 0. The van der Waals surface area contributed by atoms with E-state index in [1.54, 1.807) is 0 Å². The van der Waals surface area contributed by atoms with Crippen molar-refractivity contribution in [1.29, 1.82) is 0 Å². The molecule has 0 aliphatic heterocycles. The van der Waals surface area contributed by atoms with Gasteiger partial charge in [0.25, 0.3) is 0 Å². The van der Waals surface area contributed by atoms with Gasteiger partial charge in [0.15, 0.2) is 0 Å². The lowest BCUT2D eigenvalue weighted by molar-refractivity contribution is -0.0710. The first-order valence-electron chi connectivity index (χ1n) is 1.38. The van der Waals surface area contributed by atoms with Gasteiger partial charge in [0, 0.05) is 0 Å². The number of rotatable bonds is 0. The summed E-state index contributed by atoms with van der Waals surface area (Å²) in [6, 6.07) is 0. The summed E-state index contributed by atoms with van der Waals surface area (Å²) < 4.78 is 8.22. The molecule has 0 unspecified atom stereocenters. The molecule has 0 bridgehead atoms. The quantitative estimate of drug-likeness (QED) is 0.422. The van der Waals surface area contributed by atoms with Crippen LogP contribution in [0.15, 0.2) is 0 Å². The van der Waals surface area contributed by atoms with Crippen molar-refractivity contribution >= 4 is 33.9 Å². The van der Waals surface area contributed by atoms with Crippen molar-refractivity contribution < 1.29 is 3.44 Å². The molecule has 0 heterocycles. The van der Waals surface area contributed by atoms with Gasteiger partial charge in [-0.3, -0.25) is 0 Å². The summed E-state index contributed by atoms with van der Waals surface area (Å²) >= 11 is 0.900. The third kappa shape index (κ3) is 76.1. The maximum absolute atomic E-state index is 8.22. The van der Waals surface area contributed by atoms with E-state index in [-0.39, 0.29) is 0 Å². The third-order valence-corrected chi connectivity index (χ3v) is 0. The molecule has 0 aliphatic carbocycles. The molecular formula is C3H9IOS. The summed E-state index contributed by atoms with van der Waals surface area (Å²) in [4.78, 5) is 0. The Hall–Kier alpha value is 1.04. The van der Waals surface area contributed by atoms with Crippen molar-refractivity contribution in [3.63, 3.8) is 0 Å².